The molecule has 0 radical (unpaired) electrons. The normalized spacial score (nSPS) is 27.0. The molecule has 0 saturated carbocycles. The standard InChI is InChI=1S/C13H18FNO/c1-9-8-10(4-5-11(9)14)12(15)13(2)6-3-7-16-13/h4-5,8,12H,3,6-7,15H2,1-2H3. The smallest absolute Gasteiger partial charge is 0.126 e. The molecule has 2 nitrogen and oxygen atoms in total. The molecule has 88 valence electrons. The molecular formula is C13H18FNO. The number of hydrogen-bond donors (Lipinski definition) is 1. The lowest BCUT2D eigenvalue weighted by Gasteiger charge is -2.30. The molecule has 1 aliphatic rings. The van der Waals surface area contributed by atoms with Gasteiger partial charge in [-0.15, -0.1) is 0 Å². The average molecular weight is 223 g/mol. The van der Waals surface area contributed by atoms with Crippen LogP contribution in [0, 0.1) is 12.7 Å². The number of benzene rings is 1. The number of halogens is 1. The third-order valence-electron chi connectivity index (χ3n) is 3.45. The maximum absolute atomic E-state index is 13.2. The van der Waals surface area contributed by atoms with E-state index in [0.29, 0.717) is 5.56 Å². The molecule has 2 unspecified atom stereocenters. The molecule has 0 bridgehead atoms. The Kier molecular flexibility index (Phi) is 3.00. The Balaban J connectivity index is 2.26. The van der Waals surface area contributed by atoms with Gasteiger partial charge in [0.1, 0.15) is 5.82 Å². The quantitative estimate of drug-likeness (QED) is 0.836. The van der Waals surface area contributed by atoms with E-state index in [-0.39, 0.29) is 17.5 Å². The zero-order chi connectivity index (χ0) is 11.8. The molecule has 1 aromatic carbocycles. The number of hydrogen-bond acceptors (Lipinski definition) is 2. The summed E-state index contributed by atoms with van der Waals surface area (Å²) in [6.07, 6.45) is 2.01. The SMILES string of the molecule is Cc1cc(C(N)C2(C)CCCO2)ccc1F. The molecule has 0 aromatic heterocycles. The molecule has 1 aliphatic heterocycles. The summed E-state index contributed by atoms with van der Waals surface area (Å²) >= 11 is 0. The van der Waals surface area contributed by atoms with Gasteiger partial charge in [-0.3, -0.25) is 0 Å². The highest BCUT2D eigenvalue weighted by molar-refractivity contribution is 5.28. The molecule has 2 N–H and O–H groups in total. The van der Waals surface area contributed by atoms with Crippen LogP contribution >= 0.6 is 0 Å². The largest absolute Gasteiger partial charge is 0.373 e. The van der Waals surface area contributed by atoms with Crippen LogP contribution in [0.5, 0.6) is 0 Å². The van der Waals surface area contributed by atoms with Gasteiger partial charge in [-0.2, -0.15) is 0 Å². The number of rotatable bonds is 2. The van der Waals surface area contributed by atoms with Crippen molar-refractivity contribution in [2.24, 2.45) is 5.73 Å². The summed E-state index contributed by atoms with van der Waals surface area (Å²) in [5.74, 6) is -0.187. The first-order chi connectivity index (χ1) is 7.53. The summed E-state index contributed by atoms with van der Waals surface area (Å²) in [7, 11) is 0. The van der Waals surface area contributed by atoms with E-state index >= 15 is 0 Å². The highest BCUT2D eigenvalue weighted by atomic mass is 19.1. The lowest BCUT2D eigenvalue weighted by Crippen LogP contribution is -2.37. The van der Waals surface area contributed by atoms with Crippen LogP contribution in [0.4, 0.5) is 4.39 Å². The van der Waals surface area contributed by atoms with Crippen LogP contribution in [-0.4, -0.2) is 12.2 Å². The van der Waals surface area contributed by atoms with Crippen molar-refractivity contribution < 1.29 is 9.13 Å². The van der Waals surface area contributed by atoms with Gasteiger partial charge in [-0.1, -0.05) is 12.1 Å². The minimum absolute atomic E-state index is 0.186. The summed E-state index contributed by atoms with van der Waals surface area (Å²) < 4.78 is 18.9. The summed E-state index contributed by atoms with van der Waals surface area (Å²) in [5.41, 5.74) is 7.49. The van der Waals surface area contributed by atoms with E-state index < -0.39 is 0 Å². The van der Waals surface area contributed by atoms with Gasteiger partial charge in [0, 0.05) is 6.61 Å². The van der Waals surface area contributed by atoms with Crippen molar-refractivity contribution in [2.75, 3.05) is 6.61 Å². The van der Waals surface area contributed by atoms with Crippen molar-refractivity contribution >= 4 is 0 Å². The van der Waals surface area contributed by atoms with Crippen LogP contribution < -0.4 is 5.73 Å². The van der Waals surface area contributed by atoms with E-state index in [4.69, 9.17) is 10.5 Å². The topological polar surface area (TPSA) is 35.2 Å². The molecule has 2 atom stereocenters. The molecule has 2 rings (SSSR count). The van der Waals surface area contributed by atoms with Crippen molar-refractivity contribution in [1.82, 2.24) is 0 Å². The first kappa shape index (κ1) is 11.6. The van der Waals surface area contributed by atoms with Gasteiger partial charge < -0.3 is 10.5 Å². The molecule has 0 aliphatic carbocycles. The van der Waals surface area contributed by atoms with Gasteiger partial charge in [-0.05, 0) is 43.9 Å². The summed E-state index contributed by atoms with van der Waals surface area (Å²) in [6.45, 7) is 4.55. The molecule has 1 saturated heterocycles. The fraction of sp³-hybridized carbons (Fsp3) is 0.538. The van der Waals surface area contributed by atoms with Crippen molar-refractivity contribution in [2.45, 2.75) is 38.3 Å². The lowest BCUT2D eigenvalue weighted by atomic mass is 9.88. The van der Waals surface area contributed by atoms with Gasteiger partial charge in [0.15, 0.2) is 0 Å². The Morgan fingerprint density at radius 1 is 1.50 bits per heavy atom. The second kappa shape index (κ2) is 4.15. The molecule has 0 amide bonds. The third kappa shape index (κ3) is 1.97. The second-order valence-electron chi connectivity index (χ2n) is 4.75. The van der Waals surface area contributed by atoms with E-state index in [0.717, 1.165) is 25.0 Å². The first-order valence-electron chi connectivity index (χ1n) is 5.68. The Labute approximate surface area is 95.6 Å². The molecule has 1 aromatic rings. The first-order valence-corrected chi connectivity index (χ1v) is 5.68. The van der Waals surface area contributed by atoms with Crippen LogP contribution in [0.2, 0.25) is 0 Å². The van der Waals surface area contributed by atoms with Gasteiger partial charge >= 0.3 is 0 Å². The van der Waals surface area contributed by atoms with E-state index in [9.17, 15) is 4.39 Å². The van der Waals surface area contributed by atoms with Crippen LogP contribution in [-0.2, 0) is 4.74 Å². The Morgan fingerprint density at radius 3 is 2.81 bits per heavy atom. The van der Waals surface area contributed by atoms with Gasteiger partial charge in [0.2, 0.25) is 0 Å². The Bertz CT molecular complexity index is 386. The second-order valence-corrected chi connectivity index (χ2v) is 4.75. The van der Waals surface area contributed by atoms with E-state index in [2.05, 4.69) is 0 Å². The van der Waals surface area contributed by atoms with Crippen molar-refractivity contribution in [3.05, 3.63) is 35.1 Å². The maximum atomic E-state index is 13.2. The predicted molar refractivity (Wildman–Crippen MR) is 61.7 cm³/mol. The maximum Gasteiger partial charge on any atom is 0.126 e. The van der Waals surface area contributed by atoms with Crippen LogP contribution in [0.3, 0.4) is 0 Å². The van der Waals surface area contributed by atoms with Gasteiger partial charge in [-0.25, -0.2) is 4.39 Å². The zero-order valence-electron chi connectivity index (χ0n) is 9.79. The monoisotopic (exact) mass is 223 g/mol. The summed E-state index contributed by atoms with van der Waals surface area (Å²) in [6, 6.07) is 4.85. The number of ether oxygens (including phenoxy) is 1. The number of aryl methyl sites for hydroxylation is 1. The zero-order valence-corrected chi connectivity index (χ0v) is 9.79. The predicted octanol–water partition coefficient (Wildman–Crippen LogP) is 2.70. The van der Waals surface area contributed by atoms with Crippen molar-refractivity contribution in [3.8, 4) is 0 Å². The fourth-order valence-electron chi connectivity index (χ4n) is 2.26. The Hall–Kier alpha value is -0.930. The highest BCUT2D eigenvalue weighted by Gasteiger charge is 2.37. The Morgan fingerprint density at radius 2 is 2.25 bits per heavy atom. The van der Waals surface area contributed by atoms with Crippen LogP contribution in [0.25, 0.3) is 0 Å². The molecular weight excluding hydrogens is 205 g/mol. The summed E-state index contributed by atoms with van der Waals surface area (Å²) in [5, 5.41) is 0. The lowest BCUT2D eigenvalue weighted by molar-refractivity contribution is -0.00176. The molecule has 1 fully saturated rings. The summed E-state index contributed by atoms with van der Waals surface area (Å²) in [4.78, 5) is 0. The number of nitrogens with two attached hydrogens (primary N) is 1. The van der Waals surface area contributed by atoms with Crippen LogP contribution in [0.15, 0.2) is 18.2 Å². The van der Waals surface area contributed by atoms with Crippen molar-refractivity contribution in [1.29, 1.82) is 0 Å². The fourth-order valence-corrected chi connectivity index (χ4v) is 2.26. The van der Waals surface area contributed by atoms with Crippen LogP contribution in [0.1, 0.15) is 36.9 Å². The van der Waals surface area contributed by atoms with Gasteiger partial charge in [0.05, 0.1) is 11.6 Å². The van der Waals surface area contributed by atoms with E-state index in [1.54, 1.807) is 13.0 Å². The molecule has 0 spiro atoms. The highest BCUT2D eigenvalue weighted by Crippen LogP contribution is 2.36. The minimum Gasteiger partial charge on any atom is -0.373 e. The van der Waals surface area contributed by atoms with Gasteiger partial charge in [0.25, 0.3) is 0 Å². The third-order valence-corrected chi connectivity index (χ3v) is 3.45. The average Bonchev–Trinajstić information content (AvgIpc) is 2.70. The molecule has 3 heteroatoms. The van der Waals surface area contributed by atoms with Crippen molar-refractivity contribution in [3.63, 3.8) is 0 Å². The van der Waals surface area contributed by atoms with E-state index in [1.165, 1.54) is 6.07 Å². The minimum atomic E-state index is -0.301. The molecule has 16 heavy (non-hydrogen) atoms. The van der Waals surface area contributed by atoms with E-state index in [1.807, 2.05) is 13.0 Å². The molecule has 1 heterocycles.